The predicted molar refractivity (Wildman–Crippen MR) is 68.0 cm³/mol. The van der Waals surface area contributed by atoms with Crippen LogP contribution in [0.5, 0.6) is 0 Å². The van der Waals surface area contributed by atoms with Gasteiger partial charge in [-0.2, -0.15) is 0 Å². The van der Waals surface area contributed by atoms with Gasteiger partial charge in [-0.1, -0.05) is 18.7 Å². The third kappa shape index (κ3) is 3.11. The molecule has 2 N–H and O–H groups in total. The summed E-state index contributed by atoms with van der Waals surface area (Å²) in [4.78, 5) is 2.40. The number of thioether (sulfide) groups is 1. The number of anilines is 1. The van der Waals surface area contributed by atoms with E-state index in [1.807, 2.05) is 7.05 Å². The van der Waals surface area contributed by atoms with Crippen LogP contribution in [0.3, 0.4) is 0 Å². The minimum Gasteiger partial charge on any atom is -0.375 e. The summed E-state index contributed by atoms with van der Waals surface area (Å²) in [6.45, 7) is 6.12. The van der Waals surface area contributed by atoms with Gasteiger partial charge in [-0.3, -0.25) is 9.47 Å². The standard InChI is InChI=1S/C10H19N5OS/c1-3-15-4-5-16-8(6-15)7-17-10-13-12-9(11)14(10)2/h8H,3-7H2,1-2H3,(H2,11,12). The van der Waals surface area contributed by atoms with E-state index < -0.39 is 0 Å². The molecule has 1 fully saturated rings. The zero-order chi connectivity index (χ0) is 12.3. The van der Waals surface area contributed by atoms with Crippen LogP contribution >= 0.6 is 11.8 Å². The maximum atomic E-state index is 5.73. The Labute approximate surface area is 106 Å². The number of ether oxygens (including phenoxy) is 1. The monoisotopic (exact) mass is 257 g/mol. The van der Waals surface area contributed by atoms with Gasteiger partial charge in [0.2, 0.25) is 5.95 Å². The molecule has 0 aromatic carbocycles. The number of nitrogens with zero attached hydrogens (tertiary/aromatic N) is 4. The van der Waals surface area contributed by atoms with Gasteiger partial charge < -0.3 is 10.5 Å². The lowest BCUT2D eigenvalue weighted by molar-refractivity contribution is -0.0137. The largest absolute Gasteiger partial charge is 0.375 e. The van der Waals surface area contributed by atoms with Crippen LogP contribution in [0.25, 0.3) is 0 Å². The van der Waals surface area contributed by atoms with Crippen molar-refractivity contribution < 1.29 is 4.74 Å². The third-order valence-corrected chi connectivity index (χ3v) is 4.09. The summed E-state index contributed by atoms with van der Waals surface area (Å²) < 4.78 is 7.52. The molecule has 1 unspecified atom stereocenters. The first-order chi connectivity index (χ1) is 8.20. The van der Waals surface area contributed by atoms with Gasteiger partial charge in [0.25, 0.3) is 0 Å². The van der Waals surface area contributed by atoms with Crippen molar-refractivity contribution in [2.24, 2.45) is 7.05 Å². The van der Waals surface area contributed by atoms with Crippen LogP contribution in [0, 0.1) is 0 Å². The molecule has 17 heavy (non-hydrogen) atoms. The Hall–Kier alpha value is -0.790. The van der Waals surface area contributed by atoms with Gasteiger partial charge >= 0.3 is 0 Å². The van der Waals surface area contributed by atoms with E-state index in [1.54, 1.807) is 16.3 Å². The molecule has 6 nitrogen and oxygen atoms in total. The highest BCUT2D eigenvalue weighted by atomic mass is 32.2. The summed E-state index contributed by atoms with van der Waals surface area (Å²) in [5.41, 5.74) is 5.63. The van der Waals surface area contributed by atoms with Crippen molar-refractivity contribution in [2.75, 3.05) is 37.7 Å². The van der Waals surface area contributed by atoms with Gasteiger partial charge in [-0.15, -0.1) is 10.2 Å². The van der Waals surface area contributed by atoms with Crippen LogP contribution in [0.15, 0.2) is 5.16 Å². The molecule has 0 bridgehead atoms. The van der Waals surface area contributed by atoms with Gasteiger partial charge in [0.1, 0.15) is 0 Å². The SMILES string of the molecule is CCN1CCOC(CSc2nnc(N)n2C)C1. The lowest BCUT2D eigenvalue weighted by Crippen LogP contribution is -2.43. The number of likely N-dealkylation sites (N-methyl/N-ethyl adjacent to an activating group) is 1. The molecule has 1 aromatic rings. The quantitative estimate of drug-likeness (QED) is 0.778. The second-order valence-corrected chi connectivity index (χ2v) is 5.08. The predicted octanol–water partition coefficient (Wildman–Crippen LogP) is 0.210. The van der Waals surface area contributed by atoms with Crippen molar-refractivity contribution >= 4 is 17.7 Å². The molecule has 0 amide bonds. The lowest BCUT2D eigenvalue weighted by Gasteiger charge is -2.31. The van der Waals surface area contributed by atoms with Crippen molar-refractivity contribution in [1.29, 1.82) is 0 Å². The molecule has 0 radical (unpaired) electrons. The Morgan fingerprint density at radius 1 is 1.53 bits per heavy atom. The second kappa shape index (κ2) is 5.70. The Bertz CT molecular complexity index is 370. The molecule has 96 valence electrons. The number of aromatic nitrogens is 3. The smallest absolute Gasteiger partial charge is 0.222 e. The maximum Gasteiger partial charge on any atom is 0.222 e. The number of rotatable bonds is 4. The average Bonchev–Trinajstić information content (AvgIpc) is 2.68. The van der Waals surface area contributed by atoms with Crippen molar-refractivity contribution in [3.8, 4) is 0 Å². The molecule has 2 heterocycles. The number of morpholine rings is 1. The Morgan fingerprint density at radius 3 is 3.00 bits per heavy atom. The van der Waals surface area contributed by atoms with Crippen LogP contribution in [0.1, 0.15) is 6.92 Å². The van der Waals surface area contributed by atoms with Gasteiger partial charge in [0.05, 0.1) is 12.7 Å². The Morgan fingerprint density at radius 2 is 2.35 bits per heavy atom. The molecule has 1 aliphatic heterocycles. The summed E-state index contributed by atoms with van der Waals surface area (Å²) in [7, 11) is 1.87. The second-order valence-electron chi connectivity index (χ2n) is 4.10. The number of nitrogens with two attached hydrogens (primary N) is 1. The summed E-state index contributed by atoms with van der Waals surface area (Å²) >= 11 is 1.64. The molecule has 7 heteroatoms. The van der Waals surface area contributed by atoms with Gasteiger partial charge in [-0.25, -0.2) is 0 Å². The van der Waals surface area contributed by atoms with E-state index in [2.05, 4.69) is 22.0 Å². The Kier molecular flexibility index (Phi) is 4.25. The molecule has 2 rings (SSSR count). The molecule has 1 aliphatic rings. The van der Waals surface area contributed by atoms with Crippen LogP contribution in [0.4, 0.5) is 5.95 Å². The molecule has 0 saturated carbocycles. The van der Waals surface area contributed by atoms with E-state index in [-0.39, 0.29) is 6.10 Å². The summed E-state index contributed by atoms with van der Waals surface area (Å²) in [5.74, 6) is 1.34. The summed E-state index contributed by atoms with van der Waals surface area (Å²) in [6, 6.07) is 0. The van der Waals surface area contributed by atoms with E-state index in [9.17, 15) is 0 Å². The third-order valence-electron chi connectivity index (χ3n) is 2.94. The highest BCUT2D eigenvalue weighted by Crippen LogP contribution is 2.19. The van der Waals surface area contributed by atoms with Crippen molar-refractivity contribution in [1.82, 2.24) is 19.7 Å². The highest BCUT2D eigenvalue weighted by molar-refractivity contribution is 7.99. The molecule has 1 aromatic heterocycles. The van der Waals surface area contributed by atoms with Crippen molar-refractivity contribution in [2.45, 2.75) is 18.2 Å². The topological polar surface area (TPSA) is 69.2 Å². The van der Waals surface area contributed by atoms with Gasteiger partial charge in [0.15, 0.2) is 5.16 Å². The summed E-state index contributed by atoms with van der Waals surface area (Å²) in [6.07, 6.45) is 0.270. The maximum absolute atomic E-state index is 5.73. The minimum absolute atomic E-state index is 0.270. The van der Waals surface area contributed by atoms with Crippen molar-refractivity contribution in [3.63, 3.8) is 0 Å². The van der Waals surface area contributed by atoms with Gasteiger partial charge in [0, 0.05) is 25.9 Å². The van der Waals surface area contributed by atoms with Crippen LogP contribution < -0.4 is 5.73 Å². The van der Waals surface area contributed by atoms with Crippen LogP contribution in [0.2, 0.25) is 0 Å². The fourth-order valence-corrected chi connectivity index (χ4v) is 2.71. The van der Waals surface area contributed by atoms with E-state index >= 15 is 0 Å². The van der Waals surface area contributed by atoms with E-state index in [0.29, 0.717) is 5.95 Å². The molecule has 0 spiro atoms. The van der Waals surface area contributed by atoms with Crippen molar-refractivity contribution in [3.05, 3.63) is 0 Å². The van der Waals surface area contributed by atoms with Gasteiger partial charge in [-0.05, 0) is 6.54 Å². The highest BCUT2D eigenvalue weighted by Gasteiger charge is 2.20. The van der Waals surface area contributed by atoms with E-state index in [0.717, 1.165) is 37.2 Å². The molecular formula is C10H19N5OS. The number of nitrogen functional groups attached to an aromatic ring is 1. The molecular weight excluding hydrogens is 238 g/mol. The minimum atomic E-state index is 0.270. The molecule has 1 atom stereocenters. The first-order valence-electron chi connectivity index (χ1n) is 5.82. The normalized spacial score (nSPS) is 21.9. The zero-order valence-corrected chi connectivity index (χ0v) is 11.1. The van der Waals surface area contributed by atoms with E-state index in [1.165, 1.54) is 0 Å². The van der Waals surface area contributed by atoms with E-state index in [4.69, 9.17) is 10.5 Å². The first-order valence-corrected chi connectivity index (χ1v) is 6.81. The average molecular weight is 257 g/mol. The molecule has 1 saturated heterocycles. The van der Waals surface area contributed by atoms with Crippen LogP contribution in [-0.4, -0.2) is 57.8 Å². The fraction of sp³-hybridized carbons (Fsp3) is 0.800. The number of hydrogen-bond donors (Lipinski definition) is 1. The summed E-state index contributed by atoms with van der Waals surface area (Å²) in [5, 5.41) is 8.70. The number of hydrogen-bond acceptors (Lipinski definition) is 6. The Balaban J connectivity index is 1.83. The lowest BCUT2D eigenvalue weighted by atomic mass is 10.3. The zero-order valence-electron chi connectivity index (χ0n) is 10.3. The van der Waals surface area contributed by atoms with Crippen LogP contribution in [-0.2, 0) is 11.8 Å². The molecule has 0 aliphatic carbocycles. The fourth-order valence-electron chi connectivity index (χ4n) is 1.79. The first kappa shape index (κ1) is 12.7.